The Morgan fingerprint density at radius 3 is 2.74 bits per heavy atom. The Morgan fingerprint density at radius 2 is 2.21 bits per heavy atom. The molecule has 1 aromatic rings. The fourth-order valence-corrected chi connectivity index (χ4v) is 2.24. The van der Waals surface area contributed by atoms with Crippen molar-refractivity contribution in [3.63, 3.8) is 0 Å². The van der Waals surface area contributed by atoms with E-state index < -0.39 is 0 Å². The number of ether oxygens (including phenoxy) is 2. The Bertz CT molecular complexity index is 414. The van der Waals surface area contributed by atoms with E-state index in [1.807, 2.05) is 12.1 Å². The van der Waals surface area contributed by atoms with E-state index in [-0.39, 0.29) is 11.6 Å². The molecule has 1 aliphatic rings. The topological polar surface area (TPSA) is 56.5 Å². The molecular formula is C15H24N2O2. The maximum Gasteiger partial charge on any atom is 0.120 e. The molecule has 3 N–H and O–H groups in total. The molecule has 1 aliphatic carbocycles. The molecule has 2 unspecified atom stereocenters. The van der Waals surface area contributed by atoms with Crippen molar-refractivity contribution in [3.05, 3.63) is 29.8 Å². The van der Waals surface area contributed by atoms with Gasteiger partial charge in [0.15, 0.2) is 0 Å². The van der Waals surface area contributed by atoms with Crippen molar-refractivity contribution in [1.29, 1.82) is 0 Å². The summed E-state index contributed by atoms with van der Waals surface area (Å²) in [4.78, 5) is 0. The van der Waals surface area contributed by atoms with Crippen LogP contribution in [0.1, 0.15) is 44.7 Å². The van der Waals surface area contributed by atoms with Crippen molar-refractivity contribution in [2.24, 2.45) is 5.84 Å². The number of benzene rings is 1. The number of hydrogen-bond acceptors (Lipinski definition) is 4. The average molecular weight is 264 g/mol. The number of methoxy groups -OCH3 is 1. The van der Waals surface area contributed by atoms with Crippen LogP contribution in [0.5, 0.6) is 5.75 Å². The van der Waals surface area contributed by atoms with Gasteiger partial charge in [-0.15, -0.1) is 0 Å². The summed E-state index contributed by atoms with van der Waals surface area (Å²) in [6, 6.07) is 8.03. The molecule has 1 saturated carbocycles. The summed E-state index contributed by atoms with van der Waals surface area (Å²) in [5, 5.41) is 0. The summed E-state index contributed by atoms with van der Waals surface area (Å²) < 4.78 is 11.5. The van der Waals surface area contributed by atoms with Gasteiger partial charge >= 0.3 is 0 Å². The predicted molar refractivity (Wildman–Crippen MR) is 75.9 cm³/mol. The maximum absolute atomic E-state index is 5.83. The van der Waals surface area contributed by atoms with Crippen LogP contribution in [0.3, 0.4) is 0 Å². The van der Waals surface area contributed by atoms with Crippen LogP contribution in [-0.2, 0) is 4.74 Å². The lowest BCUT2D eigenvalue weighted by Gasteiger charge is -2.35. The van der Waals surface area contributed by atoms with Crippen molar-refractivity contribution in [1.82, 2.24) is 5.43 Å². The van der Waals surface area contributed by atoms with Crippen molar-refractivity contribution in [3.8, 4) is 5.75 Å². The van der Waals surface area contributed by atoms with Crippen LogP contribution in [0.2, 0.25) is 0 Å². The quantitative estimate of drug-likeness (QED) is 0.587. The zero-order chi connectivity index (χ0) is 13.9. The van der Waals surface area contributed by atoms with Gasteiger partial charge in [0.1, 0.15) is 5.75 Å². The number of nitrogens with two attached hydrogens (primary N) is 1. The SMILES string of the molecule is CCC(C)(OC)C(NN)c1cccc(OC2CC2)c1. The Balaban J connectivity index is 2.21. The fraction of sp³-hybridized carbons (Fsp3) is 0.600. The molecule has 2 rings (SSSR count). The van der Waals surface area contributed by atoms with Crippen molar-refractivity contribution in [2.75, 3.05) is 7.11 Å². The monoisotopic (exact) mass is 264 g/mol. The van der Waals surface area contributed by atoms with Gasteiger partial charge in [-0.25, -0.2) is 0 Å². The van der Waals surface area contributed by atoms with Gasteiger partial charge in [-0.05, 0) is 43.9 Å². The van der Waals surface area contributed by atoms with Crippen LogP contribution in [0, 0.1) is 0 Å². The summed E-state index contributed by atoms with van der Waals surface area (Å²) in [6.45, 7) is 4.16. The number of hydrazine groups is 1. The first-order chi connectivity index (χ1) is 9.12. The third kappa shape index (κ3) is 3.26. The van der Waals surface area contributed by atoms with E-state index in [0.29, 0.717) is 6.10 Å². The second-order valence-electron chi connectivity index (χ2n) is 5.36. The number of nitrogens with one attached hydrogen (secondary N) is 1. The molecule has 2 atom stereocenters. The van der Waals surface area contributed by atoms with Gasteiger partial charge in [0, 0.05) is 7.11 Å². The van der Waals surface area contributed by atoms with Gasteiger partial charge < -0.3 is 9.47 Å². The molecule has 4 heteroatoms. The molecule has 1 aromatic carbocycles. The lowest BCUT2D eigenvalue weighted by molar-refractivity contribution is -0.0300. The number of hydrogen-bond donors (Lipinski definition) is 2. The molecule has 0 spiro atoms. The van der Waals surface area contributed by atoms with Gasteiger partial charge in [0.2, 0.25) is 0 Å². The summed E-state index contributed by atoms with van der Waals surface area (Å²) >= 11 is 0. The minimum absolute atomic E-state index is 0.0646. The second kappa shape index (κ2) is 5.90. The van der Waals surface area contributed by atoms with Crippen LogP contribution in [0.4, 0.5) is 0 Å². The van der Waals surface area contributed by atoms with Gasteiger partial charge in [0.05, 0.1) is 17.7 Å². The zero-order valence-corrected chi connectivity index (χ0v) is 12.0. The molecule has 106 valence electrons. The molecule has 0 bridgehead atoms. The summed E-state index contributed by atoms with van der Waals surface area (Å²) in [6.07, 6.45) is 3.59. The molecule has 4 nitrogen and oxygen atoms in total. The first-order valence-electron chi connectivity index (χ1n) is 6.91. The van der Waals surface area contributed by atoms with E-state index in [9.17, 15) is 0 Å². The highest BCUT2D eigenvalue weighted by molar-refractivity contribution is 5.32. The minimum atomic E-state index is -0.340. The van der Waals surface area contributed by atoms with E-state index in [1.54, 1.807) is 7.11 Å². The first kappa shape index (κ1) is 14.3. The lowest BCUT2D eigenvalue weighted by Crippen LogP contribution is -2.45. The van der Waals surface area contributed by atoms with Crippen LogP contribution < -0.4 is 16.0 Å². The van der Waals surface area contributed by atoms with Crippen LogP contribution in [0.25, 0.3) is 0 Å². The van der Waals surface area contributed by atoms with Crippen LogP contribution >= 0.6 is 0 Å². The highest BCUT2D eigenvalue weighted by Gasteiger charge is 2.33. The molecule has 0 heterocycles. The molecule has 0 aliphatic heterocycles. The van der Waals surface area contributed by atoms with Gasteiger partial charge in [-0.3, -0.25) is 11.3 Å². The van der Waals surface area contributed by atoms with Crippen molar-refractivity contribution in [2.45, 2.75) is 50.9 Å². The Morgan fingerprint density at radius 1 is 1.47 bits per heavy atom. The lowest BCUT2D eigenvalue weighted by atomic mass is 9.88. The molecule has 0 radical (unpaired) electrons. The van der Waals surface area contributed by atoms with Crippen LogP contribution in [0.15, 0.2) is 24.3 Å². The van der Waals surface area contributed by atoms with Crippen molar-refractivity contribution < 1.29 is 9.47 Å². The Labute approximate surface area is 115 Å². The molecule has 0 aromatic heterocycles. The molecule has 0 amide bonds. The highest BCUT2D eigenvalue weighted by Crippen LogP contribution is 2.34. The summed E-state index contributed by atoms with van der Waals surface area (Å²) in [5.74, 6) is 6.65. The second-order valence-corrected chi connectivity index (χ2v) is 5.36. The average Bonchev–Trinajstić information content (AvgIpc) is 3.23. The maximum atomic E-state index is 5.83. The smallest absolute Gasteiger partial charge is 0.120 e. The predicted octanol–water partition coefficient (Wildman–Crippen LogP) is 2.55. The molecule has 19 heavy (non-hydrogen) atoms. The summed E-state index contributed by atoms with van der Waals surface area (Å²) in [7, 11) is 1.72. The van der Waals surface area contributed by atoms with E-state index in [2.05, 4.69) is 31.4 Å². The number of rotatable bonds is 7. The fourth-order valence-electron chi connectivity index (χ4n) is 2.24. The minimum Gasteiger partial charge on any atom is -0.490 e. The van der Waals surface area contributed by atoms with E-state index in [1.165, 1.54) is 0 Å². The van der Waals surface area contributed by atoms with Gasteiger partial charge in [0.25, 0.3) is 0 Å². The van der Waals surface area contributed by atoms with Crippen molar-refractivity contribution >= 4 is 0 Å². The molecular weight excluding hydrogens is 240 g/mol. The molecule has 0 saturated heterocycles. The summed E-state index contributed by atoms with van der Waals surface area (Å²) in [5.41, 5.74) is 3.63. The van der Waals surface area contributed by atoms with E-state index in [0.717, 1.165) is 30.6 Å². The van der Waals surface area contributed by atoms with E-state index in [4.69, 9.17) is 15.3 Å². The zero-order valence-electron chi connectivity index (χ0n) is 12.0. The largest absolute Gasteiger partial charge is 0.490 e. The standard InChI is InChI=1S/C15H24N2O2/c1-4-15(2,18-3)14(17-16)11-6-5-7-13(10-11)19-12-8-9-12/h5-7,10,12,14,17H,4,8-9,16H2,1-3H3. The van der Waals surface area contributed by atoms with Gasteiger partial charge in [-0.1, -0.05) is 19.1 Å². The highest BCUT2D eigenvalue weighted by atomic mass is 16.5. The molecule has 1 fully saturated rings. The Hall–Kier alpha value is -1.10. The first-order valence-corrected chi connectivity index (χ1v) is 6.91. The van der Waals surface area contributed by atoms with Gasteiger partial charge in [-0.2, -0.15) is 0 Å². The third-order valence-corrected chi connectivity index (χ3v) is 3.96. The Kier molecular flexibility index (Phi) is 4.45. The van der Waals surface area contributed by atoms with Crippen LogP contribution in [-0.4, -0.2) is 18.8 Å². The normalized spacial score (nSPS) is 19.8. The third-order valence-electron chi connectivity index (χ3n) is 3.96. The van der Waals surface area contributed by atoms with E-state index >= 15 is 0 Å².